The molecule has 2 aliphatic heterocycles. The third kappa shape index (κ3) is 3.80. The molecule has 2 fully saturated rings. The summed E-state index contributed by atoms with van der Waals surface area (Å²) in [6.45, 7) is 1.11. The van der Waals surface area contributed by atoms with Crippen molar-refractivity contribution in [2.75, 3.05) is 30.4 Å². The van der Waals surface area contributed by atoms with Crippen molar-refractivity contribution < 1.29 is 19.4 Å². The summed E-state index contributed by atoms with van der Waals surface area (Å²) in [4.78, 5) is 25.7. The van der Waals surface area contributed by atoms with Crippen molar-refractivity contribution in [2.24, 2.45) is 0 Å². The molecule has 3 N–H and O–H groups in total. The molecule has 0 spiro atoms. The molecule has 2 heterocycles. The molecule has 0 aromatic heterocycles. The van der Waals surface area contributed by atoms with Gasteiger partial charge in [-0.1, -0.05) is 0 Å². The zero-order chi connectivity index (χ0) is 16.4. The molecule has 2 amide bonds. The number of rotatable bonds is 4. The van der Waals surface area contributed by atoms with Crippen LogP contribution < -0.4 is 20.3 Å². The topological polar surface area (TPSA) is 90.9 Å². The minimum atomic E-state index is -0.483. The lowest BCUT2D eigenvalue weighted by atomic mass is 10.2. The molecule has 24 heavy (non-hydrogen) atoms. The molecule has 2 atom stereocenters. The number of hydrogen-bond acceptors (Lipinski definition) is 5. The number of anilines is 2. The third-order valence-electron chi connectivity index (χ3n) is 4.24. The Morgan fingerprint density at radius 3 is 2.83 bits per heavy atom. The highest BCUT2D eigenvalue weighted by Crippen LogP contribution is 2.33. The fourth-order valence-electron chi connectivity index (χ4n) is 3.03. The summed E-state index contributed by atoms with van der Waals surface area (Å²) in [6.07, 6.45) is 1.32. The van der Waals surface area contributed by atoms with Gasteiger partial charge in [0, 0.05) is 31.3 Å². The molecule has 0 radical (unpaired) electrons. The van der Waals surface area contributed by atoms with Gasteiger partial charge in [0.2, 0.25) is 11.8 Å². The second-order valence-electron chi connectivity index (χ2n) is 5.88. The number of hydrogen-bond donors (Lipinski definition) is 3. The summed E-state index contributed by atoms with van der Waals surface area (Å²) in [5.41, 5.74) is 1.33. The van der Waals surface area contributed by atoms with E-state index < -0.39 is 12.1 Å². The number of aliphatic hydroxyl groups excluding tert-OH is 1. The number of methoxy groups -OCH3 is 1. The highest BCUT2D eigenvalue weighted by atomic mass is 35.5. The molecule has 7 nitrogen and oxygen atoms in total. The smallest absolute Gasteiger partial charge is 0.241 e. The van der Waals surface area contributed by atoms with Crippen LogP contribution in [-0.2, 0) is 9.59 Å². The molecular formula is C16H22ClN3O4. The summed E-state index contributed by atoms with van der Waals surface area (Å²) >= 11 is 0. The Balaban J connectivity index is 0.00000208. The van der Waals surface area contributed by atoms with Gasteiger partial charge in [-0.25, -0.2) is 0 Å². The lowest BCUT2D eigenvalue weighted by Gasteiger charge is -2.20. The van der Waals surface area contributed by atoms with Gasteiger partial charge in [0.05, 0.1) is 24.9 Å². The quantitative estimate of drug-likeness (QED) is 0.746. The van der Waals surface area contributed by atoms with Crippen molar-refractivity contribution in [1.82, 2.24) is 5.32 Å². The number of aliphatic hydroxyl groups is 1. The fraction of sp³-hybridized carbons (Fsp3) is 0.500. The van der Waals surface area contributed by atoms with E-state index in [2.05, 4.69) is 10.6 Å². The number of carbonyl (C=O) groups excluding carboxylic acids is 2. The highest BCUT2D eigenvalue weighted by molar-refractivity contribution is 5.98. The van der Waals surface area contributed by atoms with E-state index in [0.29, 0.717) is 37.4 Å². The molecule has 2 aliphatic rings. The zero-order valence-corrected chi connectivity index (χ0v) is 14.3. The van der Waals surface area contributed by atoms with Crippen LogP contribution in [-0.4, -0.2) is 49.3 Å². The molecule has 1 aromatic rings. The van der Waals surface area contributed by atoms with Crippen LogP contribution in [0.2, 0.25) is 0 Å². The summed E-state index contributed by atoms with van der Waals surface area (Å²) in [5, 5.41) is 15.3. The minimum absolute atomic E-state index is 0. The van der Waals surface area contributed by atoms with E-state index in [1.165, 1.54) is 0 Å². The van der Waals surface area contributed by atoms with Crippen LogP contribution in [0, 0.1) is 0 Å². The molecule has 2 unspecified atom stereocenters. The van der Waals surface area contributed by atoms with Crippen molar-refractivity contribution in [1.29, 1.82) is 0 Å². The lowest BCUT2D eigenvalue weighted by Crippen LogP contribution is -2.35. The average molecular weight is 356 g/mol. The number of nitrogens with one attached hydrogen (secondary N) is 2. The van der Waals surface area contributed by atoms with Crippen LogP contribution >= 0.6 is 12.4 Å². The van der Waals surface area contributed by atoms with Gasteiger partial charge in [-0.3, -0.25) is 9.59 Å². The molecule has 1 aromatic carbocycles. The van der Waals surface area contributed by atoms with Crippen LogP contribution in [0.3, 0.4) is 0 Å². The first-order valence-electron chi connectivity index (χ1n) is 7.79. The van der Waals surface area contributed by atoms with E-state index in [4.69, 9.17) is 4.74 Å². The maximum absolute atomic E-state index is 12.2. The highest BCUT2D eigenvalue weighted by Gasteiger charge is 2.28. The molecule has 8 heteroatoms. The Labute approximate surface area is 146 Å². The summed E-state index contributed by atoms with van der Waals surface area (Å²) in [6, 6.07) is 4.86. The summed E-state index contributed by atoms with van der Waals surface area (Å²) < 4.78 is 5.37. The SMILES string of the molecule is COc1cc(NC(=O)C2CC(O)CN2)ccc1N1CCCC1=O.Cl. The molecule has 0 aliphatic carbocycles. The number of benzene rings is 1. The van der Waals surface area contributed by atoms with Crippen LogP contribution in [0.15, 0.2) is 18.2 Å². The van der Waals surface area contributed by atoms with Gasteiger partial charge in [0.25, 0.3) is 0 Å². The van der Waals surface area contributed by atoms with Crippen LogP contribution in [0.1, 0.15) is 19.3 Å². The van der Waals surface area contributed by atoms with Gasteiger partial charge in [0.15, 0.2) is 0 Å². The van der Waals surface area contributed by atoms with E-state index in [1.54, 1.807) is 30.2 Å². The van der Waals surface area contributed by atoms with Crippen molar-refractivity contribution >= 4 is 35.6 Å². The predicted molar refractivity (Wildman–Crippen MR) is 92.9 cm³/mol. The Bertz CT molecular complexity index is 625. The van der Waals surface area contributed by atoms with E-state index in [0.717, 1.165) is 12.1 Å². The summed E-state index contributed by atoms with van der Waals surface area (Å²) in [7, 11) is 1.54. The van der Waals surface area contributed by atoms with Crippen LogP contribution in [0.4, 0.5) is 11.4 Å². The van der Waals surface area contributed by atoms with Gasteiger partial charge >= 0.3 is 0 Å². The molecular weight excluding hydrogens is 334 g/mol. The first-order chi connectivity index (χ1) is 11.1. The van der Waals surface area contributed by atoms with Crippen molar-refractivity contribution in [3.05, 3.63) is 18.2 Å². The molecule has 2 saturated heterocycles. The van der Waals surface area contributed by atoms with E-state index in [-0.39, 0.29) is 24.2 Å². The molecule has 0 saturated carbocycles. The van der Waals surface area contributed by atoms with Gasteiger partial charge in [-0.15, -0.1) is 12.4 Å². The number of nitrogens with zero attached hydrogens (tertiary/aromatic N) is 1. The number of amides is 2. The normalized spacial score (nSPS) is 23.1. The van der Waals surface area contributed by atoms with E-state index in [1.807, 2.05) is 0 Å². The Morgan fingerprint density at radius 1 is 1.46 bits per heavy atom. The van der Waals surface area contributed by atoms with Gasteiger partial charge < -0.3 is 25.4 Å². The number of β-amino-alcohol motifs (C(OH)–C–C–N with tert-alkyl or cyclic N) is 1. The second-order valence-corrected chi connectivity index (χ2v) is 5.88. The van der Waals surface area contributed by atoms with Crippen molar-refractivity contribution in [2.45, 2.75) is 31.4 Å². The number of halogens is 1. The van der Waals surface area contributed by atoms with Crippen molar-refractivity contribution in [3.63, 3.8) is 0 Å². The van der Waals surface area contributed by atoms with Gasteiger partial charge in [0.1, 0.15) is 5.75 Å². The van der Waals surface area contributed by atoms with Crippen LogP contribution in [0.25, 0.3) is 0 Å². The Kier molecular flexibility index (Phi) is 6.04. The third-order valence-corrected chi connectivity index (χ3v) is 4.24. The standard InChI is InChI=1S/C16H21N3O4.ClH/c1-23-14-7-10(18-16(22)12-8-11(20)9-17-12)4-5-13(14)19-6-2-3-15(19)21;/h4-5,7,11-12,17,20H,2-3,6,8-9H2,1H3,(H,18,22);1H. The second kappa shape index (κ2) is 7.83. The Morgan fingerprint density at radius 2 is 2.25 bits per heavy atom. The molecule has 3 rings (SSSR count). The van der Waals surface area contributed by atoms with Crippen LogP contribution in [0.5, 0.6) is 5.75 Å². The fourth-order valence-corrected chi connectivity index (χ4v) is 3.03. The van der Waals surface area contributed by atoms with Crippen molar-refractivity contribution in [3.8, 4) is 5.75 Å². The first-order valence-corrected chi connectivity index (χ1v) is 7.79. The minimum Gasteiger partial charge on any atom is -0.494 e. The number of carbonyl (C=O) groups is 2. The van der Waals surface area contributed by atoms with E-state index in [9.17, 15) is 14.7 Å². The summed E-state index contributed by atoms with van der Waals surface area (Å²) in [5.74, 6) is 0.454. The van der Waals surface area contributed by atoms with Gasteiger partial charge in [-0.05, 0) is 25.0 Å². The zero-order valence-electron chi connectivity index (χ0n) is 13.4. The average Bonchev–Trinajstić information content (AvgIpc) is 3.16. The maximum atomic E-state index is 12.2. The predicted octanol–water partition coefficient (Wildman–Crippen LogP) is 0.905. The number of ether oxygens (including phenoxy) is 1. The van der Waals surface area contributed by atoms with E-state index >= 15 is 0 Å². The Hall–Kier alpha value is -1.83. The van der Waals surface area contributed by atoms with Gasteiger partial charge in [-0.2, -0.15) is 0 Å². The first kappa shape index (κ1) is 18.5. The maximum Gasteiger partial charge on any atom is 0.241 e. The molecule has 132 valence electrons. The largest absolute Gasteiger partial charge is 0.494 e. The molecule has 0 bridgehead atoms. The lowest BCUT2D eigenvalue weighted by molar-refractivity contribution is -0.118. The monoisotopic (exact) mass is 355 g/mol.